The summed E-state index contributed by atoms with van der Waals surface area (Å²) in [5.74, 6) is -2.56. The number of aryl methyl sites for hydroxylation is 1. The van der Waals surface area contributed by atoms with Gasteiger partial charge < -0.3 is 15.7 Å². The van der Waals surface area contributed by atoms with Gasteiger partial charge in [-0.2, -0.15) is 4.39 Å². The lowest BCUT2D eigenvalue weighted by atomic mass is 10.2. The molecular weight excluding hydrogens is 268 g/mol. The van der Waals surface area contributed by atoms with Crippen LogP contribution in [0.4, 0.5) is 8.78 Å². The first kappa shape index (κ1) is 13.7. The number of benzene rings is 1. The summed E-state index contributed by atoms with van der Waals surface area (Å²) in [6, 6.07) is 6.48. The minimum absolute atomic E-state index is 0.0103. The molecule has 104 valence electrons. The van der Waals surface area contributed by atoms with Gasteiger partial charge in [0, 0.05) is 17.3 Å². The van der Waals surface area contributed by atoms with Crippen molar-refractivity contribution in [2.75, 3.05) is 0 Å². The molecule has 0 unspecified atom stereocenters. The minimum atomic E-state index is -1.11. The molecule has 0 aliphatic carbocycles. The van der Waals surface area contributed by atoms with E-state index in [-0.39, 0.29) is 17.5 Å². The van der Waals surface area contributed by atoms with E-state index in [0.717, 1.165) is 6.07 Å². The van der Waals surface area contributed by atoms with Crippen LogP contribution in [-0.4, -0.2) is 16.0 Å². The summed E-state index contributed by atoms with van der Waals surface area (Å²) < 4.78 is 31.8. The fraction of sp³-hybridized carbons (Fsp3) is 0.0769. The number of nitrogens with two attached hydrogens (primary N) is 1. The van der Waals surface area contributed by atoms with Crippen molar-refractivity contribution in [3.05, 3.63) is 53.2 Å². The molecule has 0 atom stereocenters. The van der Waals surface area contributed by atoms with Gasteiger partial charge in [0.05, 0.1) is 0 Å². The number of amidine groups is 1. The fourth-order valence-corrected chi connectivity index (χ4v) is 1.57. The van der Waals surface area contributed by atoms with Gasteiger partial charge in [-0.1, -0.05) is 11.2 Å². The third-order valence-electron chi connectivity index (χ3n) is 2.46. The Balaban J connectivity index is 2.39. The monoisotopic (exact) mass is 279 g/mol. The molecule has 1 aromatic heterocycles. The summed E-state index contributed by atoms with van der Waals surface area (Å²) >= 11 is 0. The Bertz CT molecular complexity index is 675. The Labute approximate surface area is 113 Å². The first-order valence-electron chi connectivity index (χ1n) is 5.59. The maximum absolute atomic E-state index is 13.5. The summed E-state index contributed by atoms with van der Waals surface area (Å²) in [5, 5.41) is 11.5. The number of rotatable bonds is 3. The standard InChI is InChI=1S/C13H11F2N3O2/c1-7-5-8(13(16)18-19)6-11(17-7)20-10-4-2-3-9(14)12(10)15/h2-6,19H,1H3,(H2,16,18). The van der Waals surface area contributed by atoms with E-state index >= 15 is 0 Å². The highest BCUT2D eigenvalue weighted by atomic mass is 19.2. The molecule has 3 N–H and O–H groups in total. The summed E-state index contributed by atoms with van der Waals surface area (Å²) in [6.45, 7) is 1.66. The van der Waals surface area contributed by atoms with Crippen LogP contribution < -0.4 is 10.5 Å². The molecule has 5 nitrogen and oxygen atoms in total. The van der Waals surface area contributed by atoms with E-state index in [0.29, 0.717) is 11.3 Å². The van der Waals surface area contributed by atoms with Crippen molar-refractivity contribution in [1.82, 2.24) is 4.98 Å². The second kappa shape index (κ2) is 5.52. The highest BCUT2D eigenvalue weighted by molar-refractivity contribution is 5.97. The SMILES string of the molecule is Cc1cc(/C(N)=N/O)cc(Oc2cccc(F)c2F)n1. The molecule has 0 fully saturated rings. The zero-order chi connectivity index (χ0) is 14.7. The minimum Gasteiger partial charge on any atom is -0.436 e. The van der Waals surface area contributed by atoms with Crippen LogP contribution >= 0.6 is 0 Å². The van der Waals surface area contributed by atoms with Crippen LogP contribution in [0.3, 0.4) is 0 Å². The second-order valence-electron chi connectivity index (χ2n) is 3.97. The first-order chi connectivity index (χ1) is 9.51. The molecule has 0 aliphatic heterocycles. The normalized spacial score (nSPS) is 11.4. The zero-order valence-electron chi connectivity index (χ0n) is 10.5. The average molecular weight is 279 g/mol. The van der Waals surface area contributed by atoms with Crippen molar-refractivity contribution in [2.24, 2.45) is 10.9 Å². The van der Waals surface area contributed by atoms with Crippen molar-refractivity contribution in [2.45, 2.75) is 6.92 Å². The predicted molar refractivity (Wildman–Crippen MR) is 67.9 cm³/mol. The molecule has 0 aliphatic rings. The maximum Gasteiger partial charge on any atom is 0.220 e. The van der Waals surface area contributed by atoms with Crippen LogP contribution in [-0.2, 0) is 0 Å². The smallest absolute Gasteiger partial charge is 0.220 e. The molecule has 0 amide bonds. The van der Waals surface area contributed by atoms with E-state index in [1.54, 1.807) is 13.0 Å². The fourth-order valence-electron chi connectivity index (χ4n) is 1.57. The number of aromatic nitrogens is 1. The first-order valence-corrected chi connectivity index (χ1v) is 5.59. The molecule has 1 aromatic carbocycles. The predicted octanol–water partition coefficient (Wildman–Crippen LogP) is 2.56. The number of oxime groups is 1. The van der Waals surface area contributed by atoms with Crippen molar-refractivity contribution in [1.29, 1.82) is 0 Å². The van der Waals surface area contributed by atoms with Gasteiger partial charge in [-0.05, 0) is 25.1 Å². The largest absolute Gasteiger partial charge is 0.436 e. The van der Waals surface area contributed by atoms with Crippen molar-refractivity contribution in [3.8, 4) is 11.6 Å². The van der Waals surface area contributed by atoms with Gasteiger partial charge in [-0.15, -0.1) is 0 Å². The third-order valence-corrected chi connectivity index (χ3v) is 2.46. The van der Waals surface area contributed by atoms with Crippen LogP contribution in [0.5, 0.6) is 11.6 Å². The Morgan fingerprint density at radius 2 is 2.10 bits per heavy atom. The highest BCUT2D eigenvalue weighted by Crippen LogP contribution is 2.25. The van der Waals surface area contributed by atoms with E-state index in [2.05, 4.69) is 10.1 Å². The Morgan fingerprint density at radius 3 is 2.80 bits per heavy atom. The maximum atomic E-state index is 13.5. The second-order valence-corrected chi connectivity index (χ2v) is 3.97. The topological polar surface area (TPSA) is 80.7 Å². The lowest BCUT2D eigenvalue weighted by molar-refractivity contribution is 0.318. The van der Waals surface area contributed by atoms with Gasteiger partial charge in [-0.25, -0.2) is 9.37 Å². The lowest BCUT2D eigenvalue weighted by Crippen LogP contribution is -2.13. The molecule has 20 heavy (non-hydrogen) atoms. The molecular formula is C13H11F2N3O2. The number of pyridine rings is 1. The number of halogens is 2. The molecule has 1 heterocycles. The molecule has 2 aromatic rings. The molecule has 0 saturated heterocycles. The van der Waals surface area contributed by atoms with Crippen molar-refractivity contribution in [3.63, 3.8) is 0 Å². The van der Waals surface area contributed by atoms with Gasteiger partial charge in [0.15, 0.2) is 17.4 Å². The quantitative estimate of drug-likeness (QED) is 0.391. The molecule has 0 radical (unpaired) electrons. The summed E-state index contributed by atoms with van der Waals surface area (Å²) in [4.78, 5) is 4.01. The van der Waals surface area contributed by atoms with Crippen LogP contribution in [0.25, 0.3) is 0 Å². The van der Waals surface area contributed by atoms with Crippen LogP contribution in [0, 0.1) is 18.6 Å². The lowest BCUT2D eigenvalue weighted by Gasteiger charge is -2.08. The van der Waals surface area contributed by atoms with E-state index in [1.807, 2.05) is 0 Å². The Morgan fingerprint density at radius 1 is 1.35 bits per heavy atom. The van der Waals surface area contributed by atoms with E-state index in [1.165, 1.54) is 18.2 Å². The number of hydrogen-bond donors (Lipinski definition) is 2. The number of hydrogen-bond acceptors (Lipinski definition) is 4. The van der Waals surface area contributed by atoms with Gasteiger partial charge in [0.25, 0.3) is 0 Å². The summed E-state index contributed by atoms with van der Waals surface area (Å²) in [6.07, 6.45) is 0. The van der Waals surface area contributed by atoms with Gasteiger partial charge >= 0.3 is 0 Å². The molecule has 0 bridgehead atoms. The number of nitrogens with zero attached hydrogens (tertiary/aromatic N) is 2. The Hall–Kier alpha value is -2.70. The molecule has 2 rings (SSSR count). The van der Waals surface area contributed by atoms with Gasteiger partial charge in [0.1, 0.15) is 0 Å². The van der Waals surface area contributed by atoms with Crippen molar-refractivity contribution >= 4 is 5.84 Å². The molecule has 0 spiro atoms. The summed E-state index contributed by atoms with van der Waals surface area (Å²) in [7, 11) is 0. The van der Waals surface area contributed by atoms with E-state index < -0.39 is 11.6 Å². The summed E-state index contributed by atoms with van der Waals surface area (Å²) in [5.41, 5.74) is 6.33. The third kappa shape index (κ3) is 2.82. The average Bonchev–Trinajstić information content (AvgIpc) is 2.42. The number of ether oxygens (including phenoxy) is 1. The van der Waals surface area contributed by atoms with Crippen LogP contribution in [0.1, 0.15) is 11.3 Å². The Kier molecular flexibility index (Phi) is 3.79. The van der Waals surface area contributed by atoms with Crippen LogP contribution in [0.2, 0.25) is 0 Å². The van der Waals surface area contributed by atoms with Crippen molar-refractivity contribution < 1.29 is 18.7 Å². The van der Waals surface area contributed by atoms with Gasteiger partial charge in [-0.3, -0.25) is 0 Å². The zero-order valence-corrected chi connectivity index (χ0v) is 10.5. The van der Waals surface area contributed by atoms with Crippen LogP contribution in [0.15, 0.2) is 35.5 Å². The molecule has 0 saturated carbocycles. The van der Waals surface area contributed by atoms with E-state index in [4.69, 9.17) is 15.7 Å². The molecule has 7 heteroatoms. The van der Waals surface area contributed by atoms with E-state index in [9.17, 15) is 8.78 Å². The highest BCUT2D eigenvalue weighted by Gasteiger charge is 2.12. The van der Waals surface area contributed by atoms with Gasteiger partial charge in [0.2, 0.25) is 11.7 Å².